The normalized spacial score (nSPS) is 15.2. The smallest absolute Gasteiger partial charge is 0.189 e. The van der Waals surface area contributed by atoms with E-state index in [1.165, 1.54) is 11.3 Å². The van der Waals surface area contributed by atoms with Gasteiger partial charge in [-0.1, -0.05) is 53.4 Å². The second-order valence-corrected chi connectivity index (χ2v) is 7.11. The number of anilines is 3. The summed E-state index contributed by atoms with van der Waals surface area (Å²) < 4.78 is 0. The minimum absolute atomic E-state index is 0.0829. The highest BCUT2D eigenvalue weighted by Gasteiger charge is 2.27. The van der Waals surface area contributed by atoms with Crippen molar-refractivity contribution >= 4 is 57.0 Å². The molecule has 22 heavy (non-hydrogen) atoms. The highest BCUT2D eigenvalue weighted by atomic mass is 35.5. The first-order valence-corrected chi connectivity index (χ1v) is 8.65. The average Bonchev–Trinajstić information content (AvgIpc) is 3.12. The van der Waals surface area contributed by atoms with Gasteiger partial charge in [0.15, 0.2) is 10.9 Å². The number of nitrogens with two attached hydrogens (primary N) is 1. The molecule has 0 unspecified atom stereocenters. The van der Waals surface area contributed by atoms with Crippen LogP contribution in [0.3, 0.4) is 0 Å². The number of carbonyl (C=O) groups is 1. The Morgan fingerprint density at radius 1 is 1.27 bits per heavy atom. The summed E-state index contributed by atoms with van der Waals surface area (Å²) in [4.78, 5) is 17.2. The first-order valence-electron chi connectivity index (χ1n) is 7.08. The van der Waals surface area contributed by atoms with E-state index in [1.807, 2.05) is 0 Å². The number of aromatic nitrogens is 1. The van der Waals surface area contributed by atoms with Crippen LogP contribution in [0.5, 0.6) is 0 Å². The number of benzene rings is 1. The first-order chi connectivity index (χ1) is 10.6. The van der Waals surface area contributed by atoms with Crippen molar-refractivity contribution in [1.82, 2.24) is 4.98 Å². The summed E-state index contributed by atoms with van der Waals surface area (Å²) in [5, 5.41) is 4.56. The highest BCUT2D eigenvalue weighted by Crippen LogP contribution is 2.37. The number of para-hydroxylation sites is 1. The summed E-state index contributed by atoms with van der Waals surface area (Å²) in [5.41, 5.74) is 6.48. The monoisotopic (exact) mass is 355 g/mol. The van der Waals surface area contributed by atoms with E-state index in [4.69, 9.17) is 28.9 Å². The van der Waals surface area contributed by atoms with Gasteiger partial charge in [-0.2, -0.15) is 0 Å². The number of rotatable bonds is 4. The molecule has 0 aliphatic heterocycles. The molecule has 0 bridgehead atoms. The molecular formula is C15H15Cl2N3OS. The third-order valence-corrected chi connectivity index (χ3v) is 5.43. The van der Waals surface area contributed by atoms with Crippen LogP contribution in [-0.2, 0) is 0 Å². The Hall–Kier alpha value is -1.30. The van der Waals surface area contributed by atoms with Gasteiger partial charge in [-0.15, -0.1) is 0 Å². The second-order valence-electron chi connectivity index (χ2n) is 5.30. The SMILES string of the molecule is Nc1nc(Nc2c(Cl)cccc2Cl)sc1C(=O)C1CCCC1. The lowest BCUT2D eigenvalue weighted by molar-refractivity contribution is 0.0927. The summed E-state index contributed by atoms with van der Waals surface area (Å²) in [7, 11) is 0. The summed E-state index contributed by atoms with van der Waals surface area (Å²) >= 11 is 13.5. The molecule has 1 heterocycles. The van der Waals surface area contributed by atoms with Crippen LogP contribution in [0, 0.1) is 5.92 Å². The van der Waals surface area contributed by atoms with E-state index in [0.29, 0.717) is 25.7 Å². The number of nitrogens with one attached hydrogen (secondary N) is 1. The van der Waals surface area contributed by atoms with Crippen molar-refractivity contribution in [3.8, 4) is 0 Å². The standard InChI is InChI=1S/C15H15Cl2N3OS/c16-9-6-3-7-10(17)11(9)19-15-20-14(18)13(22-15)12(21)8-4-1-2-5-8/h3,6-8H,1-2,4-5,18H2,(H,19,20). The summed E-state index contributed by atoms with van der Waals surface area (Å²) in [5.74, 6) is 0.456. The molecule has 1 aromatic heterocycles. The molecule has 1 aliphatic rings. The summed E-state index contributed by atoms with van der Waals surface area (Å²) in [6, 6.07) is 5.23. The molecule has 116 valence electrons. The van der Waals surface area contributed by atoms with Gasteiger partial charge in [-0.3, -0.25) is 4.79 Å². The number of hydrogen-bond donors (Lipinski definition) is 2. The van der Waals surface area contributed by atoms with E-state index in [1.54, 1.807) is 18.2 Å². The summed E-state index contributed by atoms with van der Waals surface area (Å²) in [6.07, 6.45) is 4.09. The van der Waals surface area contributed by atoms with Gasteiger partial charge in [0.05, 0.1) is 15.7 Å². The largest absolute Gasteiger partial charge is 0.382 e. The van der Waals surface area contributed by atoms with Gasteiger partial charge in [-0.05, 0) is 25.0 Å². The molecule has 3 N–H and O–H groups in total. The molecule has 0 spiro atoms. The Morgan fingerprint density at radius 2 is 1.91 bits per heavy atom. The van der Waals surface area contributed by atoms with Crippen LogP contribution < -0.4 is 11.1 Å². The molecule has 1 fully saturated rings. The van der Waals surface area contributed by atoms with Crippen LogP contribution in [0.1, 0.15) is 35.4 Å². The van der Waals surface area contributed by atoms with Crippen LogP contribution in [0.4, 0.5) is 16.6 Å². The molecule has 0 atom stereocenters. The zero-order valence-corrected chi connectivity index (χ0v) is 14.1. The predicted octanol–water partition coefficient (Wildman–Crippen LogP) is 5.15. The maximum absolute atomic E-state index is 12.5. The van der Waals surface area contributed by atoms with Crippen molar-refractivity contribution in [1.29, 1.82) is 0 Å². The molecule has 1 saturated carbocycles. The molecule has 1 aromatic carbocycles. The lowest BCUT2D eigenvalue weighted by Gasteiger charge is -2.07. The molecule has 3 rings (SSSR count). The minimum Gasteiger partial charge on any atom is -0.382 e. The molecule has 0 saturated heterocycles. The molecule has 7 heteroatoms. The Labute approximate surface area is 142 Å². The Bertz CT molecular complexity index is 691. The van der Waals surface area contributed by atoms with Crippen LogP contribution >= 0.6 is 34.5 Å². The second kappa shape index (κ2) is 6.44. The molecule has 0 radical (unpaired) electrons. The van der Waals surface area contributed by atoms with E-state index in [0.717, 1.165) is 25.7 Å². The first kappa shape index (κ1) is 15.6. The fraction of sp³-hybridized carbons (Fsp3) is 0.333. The number of halogens is 2. The quantitative estimate of drug-likeness (QED) is 0.744. The van der Waals surface area contributed by atoms with Gasteiger partial charge in [-0.25, -0.2) is 4.98 Å². The number of thiazole rings is 1. The predicted molar refractivity (Wildman–Crippen MR) is 92.6 cm³/mol. The van der Waals surface area contributed by atoms with E-state index in [9.17, 15) is 4.79 Å². The van der Waals surface area contributed by atoms with E-state index in [-0.39, 0.29) is 17.5 Å². The van der Waals surface area contributed by atoms with Gasteiger partial charge < -0.3 is 11.1 Å². The fourth-order valence-corrected chi connectivity index (χ4v) is 4.06. The van der Waals surface area contributed by atoms with Crippen molar-refractivity contribution in [2.24, 2.45) is 5.92 Å². The lowest BCUT2D eigenvalue weighted by Crippen LogP contribution is -2.11. The van der Waals surface area contributed by atoms with E-state index >= 15 is 0 Å². The molecule has 1 aliphatic carbocycles. The number of ketones is 1. The fourth-order valence-electron chi connectivity index (χ4n) is 2.66. The molecule has 0 amide bonds. The van der Waals surface area contributed by atoms with Crippen LogP contribution in [0.25, 0.3) is 0 Å². The Kier molecular flexibility index (Phi) is 4.57. The topological polar surface area (TPSA) is 68.0 Å². The summed E-state index contributed by atoms with van der Waals surface area (Å²) in [6.45, 7) is 0. The minimum atomic E-state index is 0.0829. The van der Waals surface area contributed by atoms with Gasteiger partial charge in [0, 0.05) is 5.92 Å². The number of nitrogens with zero attached hydrogens (tertiary/aromatic N) is 1. The molecule has 2 aromatic rings. The average molecular weight is 356 g/mol. The van der Waals surface area contributed by atoms with E-state index in [2.05, 4.69) is 10.3 Å². The molecule has 4 nitrogen and oxygen atoms in total. The Morgan fingerprint density at radius 3 is 2.55 bits per heavy atom. The van der Waals surface area contributed by atoms with Gasteiger partial charge in [0.25, 0.3) is 0 Å². The Balaban J connectivity index is 1.84. The van der Waals surface area contributed by atoms with Crippen LogP contribution in [0.2, 0.25) is 10.0 Å². The lowest BCUT2D eigenvalue weighted by atomic mass is 10.0. The van der Waals surface area contributed by atoms with Crippen LogP contribution in [-0.4, -0.2) is 10.8 Å². The van der Waals surface area contributed by atoms with Crippen molar-refractivity contribution in [2.75, 3.05) is 11.1 Å². The maximum atomic E-state index is 12.5. The van der Waals surface area contributed by atoms with Gasteiger partial charge >= 0.3 is 0 Å². The number of Topliss-reactive ketones (excluding diaryl/α,β-unsaturated/α-hetero) is 1. The zero-order chi connectivity index (χ0) is 15.7. The van der Waals surface area contributed by atoms with Crippen molar-refractivity contribution < 1.29 is 4.79 Å². The van der Waals surface area contributed by atoms with Crippen molar-refractivity contribution in [2.45, 2.75) is 25.7 Å². The van der Waals surface area contributed by atoms with Crippen molar-refractivity contribution in [3.63, 3.8) is 0 Å². The number of carbonyl (C=O) groups excluding carboxylic acids is 1. The third kappa shape index (κ3) is 3.07. The van der Waals surface area contributed by atoms with E-state index < -0.39 is 0 Å². The van der Waals surface area contributed by atoms with Crippen molar-refractivity contribution in [3.05, 3.63) is 33.1 Å². The van der Waals surface area contributed by atoms with Gasteiger partial charge in [0.2, 0.25) is 0 Å². The van der Waals surface area contributed by atoms with Gasteiger partial charge in [0.1, 0.15) is 10.7 Å². The zero-order valence-electron chi connectivity index (χ0n) is 11.7. The molecular weight excluding hydrogens is 341 g/mol. The number of nitrogen functional groups attached to an aromatic ring is 1. The number of hydrogen-bond acceptors (Lipinski definition) is 5. The highest BCUT2D eigenvalue weighted by molar-refractivity contribution is 7.18. The third-order valence-electron chi connectivity index (χ3n) is 3.80. The van der Waals surface area contributed by atoms with Crippen LogP contribution in [0.15, 0.2) is 18.2 Å². The maximum Gasteiger partial charge on any atom is 0.189 e.